The van der Waals surface area contributed by atoms with Gasteiger partial charge in [-0.05, 0) is 49.9 Å². The molecule has 1 aliphatic rings. The lowest BCUT2D eigenvalue weighted by Gasteiger charge is -2.19. The lowest BCUT2D eigenvalue weighted by Crippen LogP contribution is -2.24. The predicted molar refractivity (Wildman–Crippen MR) is 86.6 cm³/mol. The van der Waals surface area contributed by atoms with Crippen LogP contribution in [0.2, 0.25) is 0 Å². The average molecular weight is 317 g/mol. The highest BCUT2D eigenvalue weighted by molar-refractivity contribution is 5.38. The van der Waals surface area contributed by atoms with Gasteiger partial charge in [-0.3, -0.25) is 0 Å². The highest BCUT2D eigenvalue weighted by Gasteiger charge is 2.25. The summed E-state index contributed by atoms with van der Waals surface area (Å²) in [5.41, 5.74) is 0.459. The molecule has 1 unspecified atom stereocenters. The molecule has 0 aromatic heterocycles. The maximum Gasteiger partial charge on any atom is 0.198 e. The molecule has 0 bridgehead atoms. The van der Waals surface area contributed by atoms with Gasteiger partial charge in [0.05, 0.1) is 0 Å². The maximum atomic E-state index is 14.8. The Balaban J connectivity index is 1.84. The van der Waals surface area contributed by atoms with Crippen molar-refractivity contribution in [3.8, 4) is 11.5 Å². The highest BCUT2D eigenvalue weighted by Crippen LogP contribution is 2.34. The van der Waals surface area contributed by atoms with Gasteiger partial charge in [0.25, 0.3) is 0 Å². The van der Waals surface area contributed by atoms with E-state index in [0.717, 1.165) is 13.0 Å². The normalized spacial score (nSPS) is 15.4. The van der Waals surface area contributed by atoms with Crippen LogP contribution in [0.1, 0.15) is 37.8 Å². The van der Waals surface area contributed by atoms with Crippen molar-refractivity contribution in [2.24, 2.45) is 5.92 Å². The van der Waals surface area contributed by atoms with Crippen molar-refractivity contribution in [1.82, 2.24) is 5.32 Å². The summed E-state index contributed by atoms with van der Waals surface area (Å²) in [4.78, 5) is 0. The monoisotopic (exact) mass is 317 g/mol. The minimum Gasteiger partial charge on any atom is -0.451 e. The van der Waals surface area contributed by atoms with Crippen molar-refractivity contribution in [3.05, 3.63) is 59.7 Å². The molecule has 2 aromatic carbocycles. The summed E-state index contributed by atoms with van der Waals surface area (Å²) in [6.07, 6.45) is 3.20. The van der Waals surface area contributed by atoms with E-state index in [-0.39, 0.29) is 11.8 Å². The fourth-order valence-electron chi connectivity index (χ4n) is 2.62. The maximum absolute atomic E-state index is 14.8. The van der Waals surface area contributed by atoms with Crippen LogP contribution < -0.4 is 10.1 Å². The van der Waals surface area contributed by atoms with Gasteiger partial charge in [0.15, 0.2) is 17.4 Å². The molecule has 0 radical (unpaired) electrons. The Hall–Kier alpha value is -1.94. The second-order valence-corrected chi connectivity index (χ2v) is 6.01. The minimum atomic E-state index is -0.688. The number of halogens is 2. The Morgan fingerprint density at radius 3 is 2.52 bits per heavy atom. The molecule has 1 aliphatic carbocycles. The lowest BCUT2D eigenvalue weighted by atomic mass is 10.0. The molecule has 1 saturated carbocycles. The molecular weight excluding hydrogens is 296 g/mol. The van der Waals surface area contributed by atoms with Crippen LogP contribution in [0.4, 0.5) is 8.78 Å². The van der Waals surface area contributed by atoms with Gasteiger partial charge in [-0.1, -0.05) is 31.2 Å². The first-order valence-electron chi connectivity index (χ1n) is 8.13. The van der Waals surface area contributed by atoms with E-state index < -0.39 is 11.6 Å². The molecule has 1 fully saturated rings. The summed E-state index contributed by atoms with van der Waals surface area (Å²) in [5, 5.41) is 3.38. The zero-order valence-electron chi connectivity index (χ0n) is 13.2. The third-order valence-electron chi connectivity index (χ3n) is 4.18. The predicted octanol–water partition coefficient (Wildman–Crippen LogP) is 5.21. The van der Waals surface area contributed by atoms with Crippen LogP contribution in [-0.4, -0.2) is 6.54 Å². The molecule has 0 amide bonds. The molecule has 2 nitrogen and oxygen atoms in total. The van der Waals surface area contributed by atoms with E-state index in [9.17, 15) is 8.78 Å². The number of hydrogen-bond acceptors (Lipinski definition) is 2. The topological polar surface area (TPSA) is 21.3 Å². The number of benzene rings is 2. The summed E-state index contributed by atoms with van der Waals surface area (Å²) < 4.78 is 34.2. The molecule has 0 aliphatic heterocycles. The fourth-order valence-corrected chi connectivity index (χ4v) is 2.62. The van der Waals surface area contributed by atoms with E-state index in [4.69, 9.17) is 4.74 Å². The second-order valence-electron chi connectivity index (χ2n) is 6.01. The van der Waals surface area contributed by atoms with Crippen molar-refractivity contribution >= 4 is 0 Å². The van der Waals surface area contributed by atoms with Gasteiger partial charge in [0.1, 0.15) is 5.75 Å². The smallest absolute Gasteiger partial charge is 0.198 e. The fraction of sp³-hybridized carbons (Fsp3) is 0.368. The third kappa shape index (κ3) is 3.88. The number of hydrogen-bond donors (Lipinski definition) is 1. The quantitative estimate of drug-likeness (QED) is 0.757. The molecule has 0 heterocycles. The van der Waals surface area contributed by atoms with E-state index in [1.54, 1.807) is 24.3 Å². The van der Waals surface area contributed by atoms with Crippen LogP contribution in [0.5, 0.6) is 11.5 Å². The third-order valence-corrected chi connectivity index (χ3v) is 4.18. The van der Waals surface area contributed by atoms with E-state index in [2.05, 4.69) is 5.32 Å². The summed E-state index contributed by atoms with van der Waals surface area (Å²) in [5.74, 6) is -0.523. The Morgan fingerprint density at radius 2 is 1.87 bits per heavy atom. The van der Waals surface area contributed by atoms with Crippen molar-refractivity contribution < 1.29 is 13.5 Å². The number of ether oxygens (including phenoxy) is 1. The molecule has 4 heteroatoms. The molecule has 0 saturated heterocycles. The van der Waals surface area contributed by atoms with Crippen molar-refractivity contribution in [3.63, 3.8) is 0 Å². The highest BCUT2D eigenvalue weighted by atomic mass is 19.1. The Bertz CT molecular complexity index is 656. The Morgan fingerprint density at radius 1 is 1.13 bits per heavy atom. The van der Waals surface area contributed by atoms with Gasteiger partial charge < -0.3 is 10.1 Å². The van der Waals surface area contributed by atoms with E-state index in [1.807, 2.05) is 13.0 Å². The first kappa shape index (κ1) is 15.9. The number of rotatable bonds is 7. The lowest BCUT2D eigenvalue weighted by molar-refractivity contribution is 0.394. The minimum absolute atomic E-state index is 0.130. The van der Waals surface area contributed by atoms with Crippen molar-refractivity contribution in [2.75, 3.05) is 6.54 Å². The van der Waals surface area contributed by atoms with Gasteiger partial charge in [-0.25, -0.2) is 8.78 Å². The van der Waals surface area contributed by atoms with Gasteiger partial charge >= 0.3 is 0 Å². The summed E-state index contributed by atoms with van der Waals surface area (Å²) in [7, 11) is 0. The van der Waals surface area contributed by atoms with Crippen LogP contribution in [-0.2, 0) is 0 Å². The SMILES string of the molecule is CCC(NCC1CC1)c1ccc(F)c(Oc2ccccc2)c1F. The van der Waals surface area contributed by atoms with Crippen LogP contribution in [0.3, 0.4) is 0 Å². The second kappa shape index (κ2) is 7.09. The molecule has 0 spiro atoms. The summed E-state index contributed by atoms with van der Waals surface area (Å²) in [6.45, 7) is 2.87. The molecule has 23 heavy (non-hydrogen) atoms. The Kier molecular flexibility index (Phi) is 4.91. The zero-order chi connectivity index (χ0) is 16.2. The molecular formula is C19H21F2NO. The average Bonchev–Trinajstić information content (AvgIpc) is 3.39. The zero-order valence-corrected chi connectivity index (χ0v) is 13.2. The van der Waals surface area contributed by atoms with E-state index in [1.165, 1.54) is 25.0 Å². The molecule has 3 rings (SSSR count). The first-order chi connectivity index (χ1) is 11.2. The molecule has 2 aromatic rings. The first-order valence-corrected chi connectivity index (χ1v) is 8.13. The molecule has 1 atom stereocenters. The van der Waals surface area contributed by atoms with Gasteiger partial charge in [0.2, 0.25) is 0 Å². The van der Waals surface area contributed by atoms with Crippen LogP contribution in [0.25, 0.3) is 0 Å². The van der Waals surface area contributed by atoms with Gasteiger partial charge in [0, 0.05) is 11.6 Å². The van der Waals surface area contributed by atoms with Crippen molar-refractivity contribution in [2.45, 2.75) is 32.2 Å². The summed E-state index contributed by atoms with van der Waals surface area (Å²) in [6, 6.07) is 11.4. The van der Waals surface area contributed by atoms with Gasteiger partial charge in [-0.15, -0.1) is 0 Å². The largest absolute Gasteiger partial charge is 0.451 e. The van der Waals surface area contributed by atoms with Gasteiger partial charge in [-0.2, -0.15) is 0 Å². The standard InChI is InChI=1S/C19H21F2NO/c1-2-17(22-12-13-8-9-13)15-10-11-16(20)19(18(15)21)23-14-6-4-3-5-7-14/h3-7,10-11,13,17,22H,2,8-9,12H2,1H3. The van der Waals surface area contributed by atoms with E-state index in [0.29, 0.717) is 17.2 Å². The summed E-state index contributed by atoms with van der Waals surface area (Å²) >= 11 is 0. The van der Waals surface area contributed by atoms with Crippen LogP contribution in [0.15, 0.2) is 42.5 Å². The van der Waals surface area contributed by atoms with E-state index >= 15 is 0 Å². The number of nitrogens with one attached hydrogen (secondary N) is 1. The van der Waals surface area contributed by atoms with Crippen LogP contribution >= 0.6 is 0 Å². The molecule has 1 N–H and O–H groups in total. The molecule has 122 valence electrons. The number of para-hydroxylation sites is 1. The van der Waals surface area contributed by atoms with Crippen LogP contribution in [0, 0.1) is 17.6 Å². The Labute approximate surface area is 135 Å². The van der Waals surface area contributed by atoms with Crippen molar-refractivity contribution in [1.29, 1.82) is 0 Å².